The third-order valence-electron chi connectivity index (χ3n) is 7.54. The van der Waals surface area contributed by atoms with E-state index in [9.17, 15) is 17.9 Å². The fourth-order valence-electron chi connectivity index (χ4n) is 5.50. The van der Waals surface area contributed by atoms with Crippen LogP contribution in [-0.4, -0.2) is 54.1 Å². The fraction of sp³-hybridized carbons (Fsp3) is 0.692. The summed E-state index contributed by atoms with van der Waals surface area (Å²) in [6.45, 7) is 9.10. The maximum absolute atomic E-state index is 13.7. The largest absolute Gasteiger partial charge is 0.378 e. The summed E-state index contributed by atoms with van der Waals surface area (Å²) >= 11 is 0. The van der Waals surface area contributed by atoms with Crippen LogP contribution in [0.1, 0.15) is 71.6 Å². The van der Waals surface area contributed by atoms with Gasteiger partial charge in [0.15, 0.2) is 0 Å². The molecule has 2 saturated heterocycles. The van der Waals surface area contributed by atoms with Gasteiger partial charge in [0.25, 0.3) is 0 Å². The summed E-state index contributed by atoms with van der Waals surface area (Å²) in [7, 11) is -3.87. The first kappa shape index (κ1) is 26.2. The summed E-state index contributed by atoms with van der Waals surface area (Å²) in [5.74, 6) is 2.19. The van der Waals surface area contributed by atoms with Crippen LogP contribution in [0, 0.1) is 23.7 Å². The Morgan fingerprint density at radius 2 is 1.97 bits per heavy atom. The second-order valence-corrected chi connectivity index (χ2v) is 11.9. The van der Waals surface area contributed by atoms with Gasteiger partial charge in [-0.25, -0.2) is 12.8 Å². The Bertz CT molecular complexity index is 910. The molecule has 0 radical (unpaired) electrons. The number of allylic oxidation sites excluding steroid dienone is 4. The van der Waals surface area contributed by atoms with Gasteiger partial charge in [0.2, 0.25) is 10.0 Å². The van der Waals surface area contributed by atoms with E-state index < -0.39 is 21.7 Å². The Balaban J connectivity index is 1.93. The SMILES string of the molecule is C#CCC(=C)S(=O)(=O)N1[C@H](/C=C/C(C)C/C(F)=C\C)CCC[C@@H]1C1(C(O)N2CCCC2)CC1. The third-order valence-corrected chi connectivity index (χ3v) is 9.49. The monoisotopic (exact) mass is 478 g/mol. The second kappa shape index (κ2) is 10.9. The molecule has 2 unspecified atom stereocenters. The first-order valence-electron chi connectivity index (χ1n) is 12.2. The van der Waals surface area contributed by atoms with Gasteiger partial charge in [-0.15, -0.1) is 12.3 Å². The molecule has 184 valence electrons. The number of hydrogen-bond acceptors (Lipinski definition) is 4. The number of sulfonamides is 1. The van der Waals surface area contributed by atoms with Crippen molar-refractivity contribution < 1.29 is 17.9 Å². The van der Waals surface area contributed by atoms with Crippen molar-refractivity contribution in [2.45, 2.75) is 89.9 Å². The summed E-state index contributed by atoms with van der Waals surface area (Å²) in [6, 6.07) is -0.666. The fourth-order valence-corrected chi connectivity index (χ4v) is 7.24. The van der Waals surface area contributed by atoms with Gasteiger partial charge in [-0.2, -0.15) is 4.31 Å². The molecule has 0 spiro atoms. The molecule has 0 aromatic rings. The van der Waals surface area contributed by atoms with Gasteiger partial charge in [0, 0.05) is 43.4 Å². The van der Waals surface area contributed by atoms with Crippen molar-refractivity contribution in [1.29, 1.82) is 0 Å². The molecule has 1 saturated carbocycles. The molecule has 1 aliphatic carbocycles. The average Bonchev–Trinajstić information content (AvgIpc) is 3.42. The molecule has 3 rings (SSSR count). The molecule has 0 aromatic heterocycles. The molecule has 3 fully saturated rings. The molecule has 4 atom stereocenters. The molecule has 1 N–H and O–H groups in total. The molecule has 2 aliphatic heterocycles. The van der Waals surface area contributed by atoms with E-state index in [4.69, 9.17) is 6.42 Å². The lowest BCUT2D eigenvalue weighted by atomic mass is 9.84. The molecule has 0 amide bonds. The zero-order chi connectivity index (χ0) is 24.2. The lowest BCUT2D eigenvalue weighted by molar-refractivity contribution is -0.0697. The molecule has 2 heterocycles. The highest BCUT2D eigenvalue weighted by atomic mass is 32.2. The Morgan fingerprint density at radius 1 is 1.30 bits per heavy atom. The third kappa shape index (κ3) is 5.62. The van der Waals surface area contributed by atoms with E-state index >= 15 is 0 Å². The minimum Gasteiger partial charge on any atom is -0.378 e. The van der Waals surface area contributed by atoms with Gasteiger partial charge in [-0.1, -0.05) is 31.7 Å². The number of halogens is 1. The van der Waals surface area contributed by atoms with Crippen molar-refractivity contribution >= 4 is 10.0 Å². The second-order valence-electron chi connectivity index (χ2n) is 9.92. The van der Waals surface area contributed by atoms with E-state index in [1.165, 1.54) is 6.08 Å². The Hall–Kier alpha value is -1.46. The summed E-state index contributed by atoms with van der Waals surface area (Å²) < 4.78 is 42.8. The number of aliphatic hydroxyl groups is 1. The number of nitrogens with zero attached hydrogens (tertiary/aromatic N) is 2. The maximum atomic E-state index is 13.7. The molecule has 33 heavy (non-hydrogen) atoms. The number of terminal acetylenes is 1. The Kier molecular flexibility index (Phi) is 8.60. The lowest BCUT2D eigenvalue weighted by Crippen LogP contribution is -2.57. The van der Waals surface area contributed by atoms with Crippen LogP contribution < -0.4 is 0 Å². The first-order valence-corrected chi connectivity index (χ1v) is 13.7. The molecular formula is C26H39FN2O3S. The highest BCUT2D eigenvalue weighted by Crippen LogP contribution is 2.58. The molecule has 5 nitrogen and oxygen atoms in total. The predicted octanol–water partition coefficient (Wildman–Crippen LogP) is 4.73. The molecule has 0 bridgehead atoms. The van der Waals surface area contributed by atoms with Crippen molar-refractivity contribution in [3.05, 3.63) is 35.5 Å². The van der Waals surface area contributed by atoms with Crippen molar-refractivity contribution in [2.24, 2.45) is 11.3 Å². The average molecular weight is 479 g/mol. The van der Waals surface area contributed by atoms with Gasteiger partial charge in [-0.3, -0.25) is 4.90 Å². The minimum atomic E-state index is -3.87. The van der Waals surface area contributed by atoms with Gasteiger partial charge < -0.3 is 5.11 Å². The van der Waals surface area contributed by atoms with Gasteiger partial charge in [0.05, 0.1) is 10.7 Å². The van der Waals surface area contributed by atoms with Gasteiger partial charge in [-0.05, 0) is 57.8 Å². The highest BCUT2D eigenvalue weighted by molar-refractivity contribution is 7.93. The predicted molar refractivity (Wildman–Crippen MR) is 131 cm³/mol. The van der Waals surface area contributed by atoms with E-state index in [-0.39, 0.29) is 41.6 Å². The van der Waals surface area contributed by atoms with E-state index in [2.05, 4.69) is 17.4 Å². The van der Waals surface area contributed by atoms with Crippen LogP contribution >= 0.6 is 0 Å². The van der Waals surface area contributed by atoms with Crippen molar-refractivity contribution in [1.82, 2.24) is 9.21 Å². The van der Waals surface area contributed by atoms with Crippen LogP contribution in [0.25, 0.3) is 0 Å². The molecule has 3 aliphatic rings. The summed E-state index contributed by atoms with van der Waals surface area (Å²) in [5.41, 5.74) is -0.455. The number of aliphatic hydroxyl groups excluding tert-OH is 1. The van der Waals surface area contributed by atoms with E-state index in [0.29, 0.717) is 12.8 Å². The summed E-state index contributed by atoms with van der Waals surface area (Å²) in [4.78, 5) is 2.13. The van der Waals surface area contributed by atoms with Crippen LogP contribution in [0.15, 0.2) is 35.5 Å². The van der Waals surface area contributed by atoms with Crippen LogP contribution in [0.5, 0.6) is 0 Å². The van der Waals surface area contributed by atoms with Crippen LogP contribution in [-0.2, 0) is 10.0 Å². The smallest absolute Gasteiger partial charge is 0.240 e. The zero-order valence-electron chi connectivity index (χ0n) is 20.0. The number of rotatable bonds is 10. The maximum Gasteiger partial charge on any atom is 0.240 e. The summed E-state index contributed by atoms with van der Waals surface area (Å²) in [6.07, 6.45) is 16.3. The van der Waals surface area contributed by atoms with Crippen molar-refractivity contribution in [2.75, 3.05) is 13.1 Å². The normalized spacial score (nSPS) is 28.5. The van der Waals surface area contributed by atoms with E-state index in [1.54, 1.807) is 11.2 Å². The first-order chi connectivity index (χ1) is 15.7. The van der Waals surface area contributed by atoms with Gasteiger partial charge in [0.1, 0.15) is 6.23 Å². The highest BCUT2D eigenvalue weighted by Gasteiger charge is 2.61. The molecule has 0 aromatic carbocycles. The van der Waals surface area contributed by atoms with Crippen LogP contribution in [0.4, 0.5) is 4.39 Å². The van der Waals surface area contributed by atoms with Crippen LogP contribution in [0.3, 0.4) is 0 Å². The van der Waals surface area contributed by atoms with Crippen molar-refractivity contribution in [3.8, 4) is 12.3 Å². The van der Waals surface area contributed by atoms with E-state index in [1.807, 2.05) is 19.1 Å². The lowest BCUT2D eigenvalue weighted by Gasteiger charge is -2.46. The number of likely N-dealkylation sites (tertiary alicyclic amines) is 1. The minimum absolute atomic E-state index is 0.0229. The van der Waals surface area contributed by atoms with Crippen LogP contribution in [0.2, 0.25) is 0 Å². The van der Waals surface area contributed by atoms with E-state index in [0.717, 1.165) is 45.2 Å². The Labute approximate surface area is 199 Å². The quantitative estimate of drug-likeness (QED) is 0.364. The van der Waals surface area contributed by atoms with Gasteiger partial charge >= 0.3 is 0 Å². The van der Waals surface area contributed by atoms with Crippen molar-refractivity contribution in [3.63, 3.8) is 0 Å². The summed E-state index contributed by atoms with van der Waals surface area (Å²) in [5, 5.41) is 11.3. The molecular weight excluding hydrogens is 439 g/mol. The zero-order valence-corrected chi connectivity index (χ0v) is 20.9. The molecule has 7 heteroatoms. The Morgan fingerprint density at radius 3 is 2.55 bits per heavy atom. The standard InChI is InChI=1S/C26H39FN2O3S/c1-5-10-21(4)33(31,32)29-23(14-13-20(3)19-22(27)6-2)11-9-12-24(29)26(15-16-26)25(30)28-17-7-8-18-28/h1,6,13-14,20,23-25,30H,4,7-12,15-19H2,2-3H3/b14-13+,22-6+/t20?,23-,24+,25?/m0/s1. The topological polar surface area (TPSA) is 60.9 Å². The number of hydrogen-bond donors (Lipinski definition) is 1. The number of piperidine rings is 1.